The molecule has 5 rings (SSSR count). The number of nitrogens with one attached hydrogen (secondary N) is 1. The summed E-state index contributed by atoms with van der Waals surface area (Å²) in [5.74, 6) is 0.719. The lowest BCUT2D eigenvalue weighted by Gasteiger charge is -2.41. The minimum Gasteiger partial charge on any atom is -0.495 e. The summed E-state index contributed by atoms with van der Waals surface area (Å²) in [6.07, 6.45) is 3.97. The van der Waals surface area contributed by atoms with Crippen LogP contribution in [0.1, 0.15) is 46.4 Å². The van der Waals surface area contributed by atoms with E-state index in [1.165, 1.54) is 10.6 Å². The molecule has 1 N–H and O–H groups in total. The first-order valence-corrected chi connectivity index (χ1v) is 11.4. The Labute approximate surface area is 183 Å². The molecule has 0 unspecified atom stereocenters. The van der Waals surface area contributed by atoms with Crippen molar-refractivity contribution in [2.75, 3.05) is 38.2 Å². The maximum Gasteiger partial charge on any atom is 0.261 e. The van der Waals surface area contributed by atoms with Crippen molar-refractivity contribution < 1.29 is 19.2 Å². The van der Waals surface area contributed by atoms with E-state index in [2.05, 4.69) is 17.0 Å². The highest BCUT2D eigenvalue weighted by Gasteiger charge is 2.42. The van der Waals surface area contributed by atoms with Crippen molar-refractivity contribution in [3.05, 3.63) is 59.7 Å². The fourth-order valence-corrected chi connectivity index (χ4v) is 5.62. The lowest BCUT2D eigenvalue weighted by Crippen LogP contribution is -3.18. The number of quaternary nitrogens is 1. The van der Waals surface area contributed by atoms with Gasteiger partial charge >= 0.3 is 0 Å². The molecule has 2 aliphatic heterocycles. The lowest BCUT2D eigenvalue weighted by atomic mass is 9.89. The zero-order chi connectivity index (χ0) is 21.4. The van der Waals surface area contributed by atoms with Crippen LogP contribution >= 0.6 is 0 Å². The number of para-hydroxylation sites is 2. The lowest BCUT2D eigenvalue weighted by molar-refractivity contribution is -0.927. The van der Waals surface area contributed by atoms with E-state index in [4.69, 9.17) is 4.74 Å². The Morgan fingerprint density at radius 3 is 2.03 bits per heavy atom. The molecule has 0 spiro atoms. The molecule has 2 amide bonds. The molecule has 2 aromatic rings. The first kappa shape index (κ1) is 20.1. The number of fused-ring (bicyclic) bond motifs is 1. The molecule has 2 fully saturated rings. The number of methoxy groups -OCH3 is 1. The number of imide groups is 1. The summed E-state index contributed by atoms with van der Waals surface area (Å²) >= 11 is 0. The molecule has 1 saturated carbocycles. The molecule has 6 nitrogen and oxygen atoms in total. The molecule has 0 atom stereocenters. The van der Waals surface area contributed by atoms with E-state index in [-0.39, 0.29) is 17.9 Å². The third kappa shape index (κ3) is 3.59. The van der Waals surface area contributed by atoms with Gasteiger partial charge in [0.05, 0.1) is 56.1 Å². The van der Waals surface area contributed by atoms with Gasteiger partial charge in [-0.1, -0.05) is 24.3 Å². The summed E-state index contributed by atoms with van der Waals surface area (Å²) < 4.78 is 5.53. The number of hydrogen-bond donors (Lipinski definition) is 1. The number of benzene rings is 2. The third-order valence-electron chi connectivity index (χ3n) is 7.30. The quantitative estimate of drug-likeness (QED) is 0.769. The fraction of sp³-hybridized carbons (Fsp3) is 0.440. The largest absolute Gasteiger partial charge is 0.495 e. The van der Waals surface area contributed by atoms with Gasteiger partial charge in [-0.25, -0.2) is 0 Å². The van der Waals surface area contributed by atoms with Crippen LogP contribution in [0.5, 0.6) is 5.75 Å². The molecule has 2 aromatic carbocycles. The Hall–Kier alpha value is -2.86. The highest BCUT2D eigenvalue weighted by atomic mass is 16.5. The summed E-state index contributed by atoms with van der Waals surface area (Å²) in [7, 11) is 1.73. The van der Waals surface area contributed by atoms with Gasteiger partial charge in [0.1, 0.15) is 5.75 Å². The minimum absolute atomic E-state index is 0.0397. The van der Waals surface area contributed by atoms with E-state index in [1.54, 1.807) is 24.1 Å². The van der Waals surface area contributed by atoms with Crippen LogP contribution in [0.4, 0.5) is 5.69 Å². The summed E-state index contributed by atoms with van der Waals surface area (Å²) in [6, 6.07) is 16.1. The average molecular weight is 421 g/mol. The summed E-state index contributed by atoms with van der Waals surface area (Å²) in [4.78, 5) is 31.2. The van der Waals surface area contributed by atoms with Crippen LogP contribution in [0.2, 0.25) is 0 Å². The summed E-state index contributed by atoms with van der Waals surface area (Å²) in [5.41, 5.74) is 2.30. The van der Waals surface area contributed by atoms with Gasteiger partial charge in [0.15, 0.2) is 0 Å². The van der Waals surface area contributed by atoms with Gasteiger partial charge in [-0.2, -0.15) is 0 Å². The zero-order valence-electron chi connectivity index (χ0n) is 18.0. The Balaban J connectivity index is 1.17. The number of ether oxygens (including phenoxy) is 1. The van der Waals surface area contributed by atoms with E-state index in [0.717, 1.165) is 57.6 Å². The Morgan fingerprint density at radius 2 is 1.42 bits per heavy atom. The standard InChI is InChI=1S/C25H29N3O3/c1-31-23-9-5-4-8-22(23)27-16-14-26(15-17-27)18-10-12-19(13-11-18)28-24(29)20-6-2-3-7-21(20)25(28)30/h2-9,18-19H,10-17H2,1H3/p+1. The predicted molar refractivity (Wildman–Crippen MR) is 119 cm³/mol. The van der Waals surface area contributed by atoms with Gasteiger partial charge in [0.25, 0.3) is 11.8 Å². The van der Waals surface area contributed by atoms with Gasteiger partial charge in [-0.15, -0.1) is 0 Å². The fourth-order valence-electron chi connectivity index (χ4n) is 5.62. The highest BCUT2D eigenvalue weighted by Crippen LogP contribution is 2.31. The maximum absolute atomic E-state index is 12.8. The van der Waals surface area contributed by atoms with Crippen molar-refractivity contribution >= 4 is 17.5 Å². The Kier molecular flexibility index (Phi) is 5.40. The van der Waals surface area contributed by atoms with Crippen molar-refractivity contribution in [3.63, 3.8) is 0 Å². The predicted octanol–water partition coefficient (Wildman–Crippen LogP) is 2.01. The second-order valence-corrected chi connectivity index (χ2v) is 8.85. The number of hydrogen-bond acceptors (Lipinski definition) is 4. The second kappa shape index (κ2) is 8.35. The molecular formula is C25H30N3O3+. The van der Waals surface area contributed by atoms with Gasteiger partial charge in [0.2, 0.25) is 0 Å². The monoisotopic (exact) mass is 420 g/mol. The number of anilines is 1. The van der Waals surface area contributed by atoms with Crippen LogP contribution in [-0.2, 0) is 0 Å². The van der Waals surface area contributed by atoms with Crippen molar-refractivity contribution in [1.29, 1.82) is 0 Å². The smallest absolute Gasteiger partial charge is 0.261 e. The van der Waals surface area contributed by atoms with Crippen molar-refractivity contribution in [2.45, 2.75) is 37.8 Å². The van der Waals surface area contributed by atoms with Crippen LogP contribution in [0, 0.1) is 0 Å². The van der Waals surface area contributed by atoms with Crippen molar-refractivity contribution in [2.24, 2.45) is 0 Å². The molecule has 0 aromatic heterocycles. The van der Waals surface area contributed by atoms with Crippen LogP contribution in [0.15, 0.2) is 48.5 Å². The molecule has 1 aliphatic carbocycles. The molecule has 0 bridgehead atoms. The van der Waals surface area contributed by atoms with Crippen LogP contribution in [-0.4, -0.2) is 62.1 Å². The molecule has 2 heterocycles. The Bertz CT molecular complexity index is 940. The van der Waals surface area contributed by atoms with Crippen LogP contribution < -0.4 is 14.5 Å². The third-order valence-corrected chi connectivity index (χ3v) is 7.30. The zero-order valence-corrected chi connectivity index (χ0v) is 18.0. The number of piperazine rings is 1. The van der Waals surface area contributed by atoms with E-state index in [0.29, 0.717) is 17.2 Å². The van der Waals surface area contributed by atoms with Crippen molar-refractivity contribution in [3.8, 4) is 5.75 Å². The van der Waals surface area contributed by atoms with E-state index in [1.807, 2.05) is 24.3 Å². The molecule has 3 aliphatic rings. The molecule has 6 heteroatoms. The van der Waals surface area contributed by atoms with Gasteiger partial charge in [-0.05, 0) is 37.1 Å². The van der Waals surface area contributed by atoms with E-state index >= 15 is 0 Å². The second-order valence-electron chi connectivity index (χ2n) is 8.85. The van der Waals surface area contributed by atoms with Gasteiger partial charge in [-0.3, -0.25) is 14.5 Å². The number of nitrogens with zero attached hydrogens (tertiary/aromatic N) is 2. The molecule has 162 valence electrons. The number of carbonyl (C=O) groups is 2. The first-order valence-electron chi connectivity index (χ1n) is 11.4. The molecular weight excluding hydrogens is 390 g/mol. The first-order chi connectivity index (χ1) is 15.2. The van der Waals surface area contributed by atoms with E-state index in [9.17, 15) is 9.59 Å². The van der Waals surface area contributed by atoms with Gasteiger partial charge in [0, 0.05) is 18.9 Å². The SMILES string of the molecule is COc1ccccc1N1CC[NH+](C2CCC(N3C(=O)c4ccccc4C3=O)CC2)CC1. The summed E-state index contributed by atoms with van der Waals surface area (Å²) in [6.45, 7) is 4.27. The van der Waals surface area contributed by atoms with Crippen LogP contribution in [0.25, 0.3) is 0 Å². The summed E-state index contributed by atoms with van der Waals surface area (Å²) in [5, 5.41) is 0. The number of carbonyl (C=O) groups excluding carboxylic acids is 2. The molecule has 31 heavy (non-hydrogen) atoms. The van der Waals surface area contributed by atoms with Gasteiger partial charge < -0.3 is 14.5 Å². The topological polar surface area (TPSA) is 54.3 Å². The van der Waals surface area contributed by atoms with Crippen molar-refractivity contribution in [1.82, 2.24) is 4.90 Å². The van der Waals surface area contributed by atoms with Crippen LogP contribution in [0.3, 0.4) is 0 Å². The minimum atomic E-state index is -0.109. The average Bonchev–Trinajstić information content (AvgIpc) is 3.09. The maximum atomic E-state index is 12.8. The molecule has 1 saturated heterocycles. The highest BCUT2D eigenvalue weighted by molar-refractivity contribution is 6.21. The number of amides is 2. The number of rotatable bonds is 4. The normalized spacial score (nSPS) is 24.4. The van der Waals surface area contributed by atoms with E-state index < -0.39 is 0 Å². The molecule has 0 radical (unpaired) electrons. The Morgan fingerprint density at radius 1 is 0.839 bits per heavy atom.